The van der Waals surface area contributed by atoms with Gasteiger partial charge in [0.05, 0.1) is 10.7 Å². The number of fused-ring (bicyclic) bond motifs is 1. The van der Waals surface area contributed by atoms with E-state index in [2.05, 4.69) is 32.3 Å². The Bertz CT molecular complexity index is 648. The lowest BCUT2D eigenvalue weighted by Crippen LogP contribution is -2.16. The van der Waals surface area contributed by atoms with E-state index in [4.69, 9.17) is 11.6 Å². The van der Waals surface area contributed by atoms with Crippen LogP contribution in [0.3, 0.4) is 0 Å². The molecule has 2 heterocycles. The van der Waals surface area contributed by atoms with E-state index in [1.807, 2.05) is 24.4 Å². The topological polar surface area (TPSA) is 24.9 Å². The highest BCUT2D eigenvalue weighted by molar-refractivity contribution is 9.10. The molecule has 1 aromatic heterocycles. The van der Waals surface area contributed by atoms with E-state index < -0.39 is 0 Å². The van der Waals surface area contributed by atoms with E-state index in [9.17, 15) is 0 Å². The van der Waals surface area contributed by atoms with Crippen molar-refractivity contribution in [2.75, 3.05) is 13.1 Å². The summed E-state index contributed by atoms with van der Waals surface area (Å²) in [5, 5.41) is 4.31. The van der Waals surface area contributed by atoms with Crippen molar-refractivity contribution in [1.82, 2.24) is 10.3 Å². The number of pyridine rings is 1. The summed E-state index contributed by atoms with van der Waals surface area (Å²) in [6.45, 7) is 2.07. The predicted octanol–water partition coefficient (Wildman–Crippen LogP) is 4.48. The molecular weight excluding hydrogens is 368 g/mol. The Balaban J connectivity index is 1.86. The number of hydrogen-bond donors (Lipinski definition) is 1. The van der Waals surface area contributed by atoms with Crippen LogP contribution in [0.25, 0.3) is 0 Å². The van der Waals surface area contributed by atoms with Crippen LogP contribution in [0.4, 0.5) is 0 Å². The van der Waals surface area contributed by atoms with Gasteiger partial charge in [0, 0.05) is 21.3 Å². The van der Waals surface area contributed by atoms with Gasteiger partial charge >= 0.3 is 0 Å². The molecule has 1 N–H and O–H groups in total. The maximum atomic E-state index is 6.45. The van der Waals surface area contributed by atoms with Crippen molar-refractivity contribution >= 4 is 39.3 Å². The van der Waals surface area contributed by atoms with Gasteiger partial charge in [0.1, 0.15) is 0 Å². The van der Waals surface area contributed by atoms with E-state index in [1.54, 1.807) is 11.8 Å². The van der Waals surface area contributed by atoms with Gasteiger partial charge in [0.15, 0.2) is 0 Å². The summed E-state index contributed by atoms with van der Waals surface area (Å²) in [6, 6.07) is 8.16. The van der Waals surface area contributed by atoms with Crippen molar-refractivity contribution in [1.29, 1.82) is 0 Å². The molecule has 3 rings (SSSR count). The van der Waals surface area contributed by atoms with Crippen LogP contribution in [0.5, 0.6) is 0 Å². The maximum absolute atomic E-state index is 6.45. The standard InChI is InChI=1S/C16H16BrClN2S/c17-13-2-1-7-20-15(13)10-21-16-12-6-9-19-8-5-11(12)3-4-14(16)18/h1-4,7,19H,5-6,8-10H2. The fraction of sp³-hybridized carbons (Fsp3) is 0.312. The summed E-state index contributed by atoms with van der Waals surface area (Å²) in [7, 11) is 0. The summed E-state index contributed by atoms with van der Waals surface area (Å²) in [6.07, 6.45) is 3.95. The molecule has 0 fully saturated rings. The summed E-state index contributed by atoms with van der Waals surface area (Å²) < 4.78 is 1.05. The van der Waals surface area contributed by atoms with E-state index in [-0.39, 0.29) is 0 Å². The second kappa shape index (κ2) is 7.14. The van der Waals surface area contributed by atoms with Gasteiger partial charge in [-0.15, -0.1) is 11.8 Å². The molecule has 1 aliphatic heterocycles. The van der Waals surface area contributed by atoms with Crippen LogP contribution in [-0.4, -0.2) is 18.1 Å². The lowest BCUT2D eigenvalue weighted by atomic mass is 10.0. The number of aromatic nitrogens is 1. The Labute approximate surface area is 142 Å². The van der Waals surface area contributed by atoms with Crippen molar-refractivity contribution in [3.63, 3.8) is 0 Å². The van der Waals surface area contributed by atoms with E-state index in [1.165, 1.54) is 16.0 Å². The summed E-state index contributed by atoms with van der Waals surface area (Å²) in [5.74, 6) is 0.824. The van der Waals surface area contributed by atoms with Crippen molar-refractivity contribution in [3.8, 4) is 0 Å². The van der Waals surface area contributed by atoms with Crippen molar-refractivity contribution in [3.05, 3.63) is 56.8 Å². The number of nitrogens with zero attached hydrogens (tertiary/aromatic N) is 1. The average Bonchev–Trinajstić information content (AvgIpc) is 2.73. The highest BCUT2D eigenvalue weighted by Crippen LogP contribution is 2.36. The van der Waals surface area contributed by atoms with Crippen LogP contribution in [0.2, 0.25) is 5.02 Å². The molecule has 0 amide bonds. The Morgan fingerprint density at radius 1 is 1.24 bits per heavy atom. The number of benzene rings is 1. The normalized spacial score (nSPS) is 14.6. The van der Waals surface area contributed by atoms with Crippen LogP contribution >= 0.6 is 39.3 Å². The molecule has 1 aromatic carbocycles. The largest absolute Gasteiger partial charge is 0.316 e. The summed E-state index contributed by atoms with van der Waals surface area (Å²) in [5.41, 5.74) is 3.89. The number of nitrogens with one attached hydrogen (secondary N) is 1. The molecule has 2 nitrogen and oxygen atoms in total. The Hall–Kier alpha value is -0.550. The second-order valence-corrected chi connectivity index (χ2v) is 7.23. The van der Waals surface area contributed by atoms with E-state index in [0.717, 1.165) is 46.9 Å². The highest BCUT2D eigenvalue weighted by Gasteiger charge is 2.15. The summed E-state index contributed by atoms with van der Waals surface area (Å²) >= 11 is 11.8. The molecule has 1 aliphatic rings. The van der Waals surface area contributed by atoms with Crippen molar-refractivity contribution < 1.29 is 0 Å². The van der Waals surface area contributed by atoms with Gasteiger partial charge in [-0.3, -0.25) is 4.98 Å². The van der Waals surface area contributed by atoms with Gasteiger partial charge in [-0.2, -0.15) is 0 Å². The lowest BCUT2D eigenvalue weighted by molar-refractivity contribution is 0.709. The van der Waals surface area contributed by atoms with Gasteiger partial charge in [-0.05, 0) is 71.2 Å². The molecule has 0 saturated heterocycles. The first-order valence-corrected chi connectivity index (χ1v) is 9.14. The number of thioether (sulfide) groups is 1. The molecule has 0 radical (unpaired) electrons. The monoisotopic (exact) mass is 382 g/mol. The molecule has 0 saturated carbocycles. The third-order valence-electron chi connectivity index (χ3n) is 3.62. The number of rotatable bonds is 3. The quantitative estimate of drug-likeness (QED) is 0.791. The van der Waals surface area contributed by atoms with Crippen LogP contribution in [0.1, 0.15) is 16.8 Å². The lowest BCUT2D eigenvalue weighted by Gasteiger charge is -2.14. The molecule has 0 atom stereocenters. The number of hydrogen-bond acceptors (Lipinski definition) is 3. The minimum absolute atomic E-state index is 0.824. The zero-order valence-electron chi connectivity index (χ0n) is 11.5. The van der Waals surface area contributed by atoms with Gasteiger partial charge in [0.25, 0.3) is 0 Å². The van der Waals surface area contributed by atoms with Crippen LogP contribution in [-0.2, 0) is 18.6 Å². The van der Waals surface area contributed by atoms with Crippen LogP contribution in [0.15, 0.2) is 39.8 Å². The zero-order chi connectivity index (χ0) is 14.7. The average molecular weight is 384 g/mol. The van der Waals surface area contributed by atoms with Crippen LogP contribution < -0.4 is 5.32 Å². The van der Waals surface area contributed by atoms with E-state index in [0.29, 0.717) is 0 Å². The molecule has 0 unspecified atom stereocenters. The third kappa shape index (κ3) is 3.62. The van der Waals surface area contributed by atoms with Gasteiger partial charge < -0.3 is 5.32 Å². The maximum Gasteiger partial charge on any atom is 0.0647 e. The van der Waals surface area contributed by atoms with Gasteiger partial charge in [0.2, 0.25) is 0 Å². The van der Waals surface area contributed by atoms with E-state index >= 15 is 0 Å². The highest BCUT2D eigenvalue weighted by atomic mass is 79.9. The van der Waals surface area contributed by atoms with Crippen LogP contribution in [0, 0.1) is 0 Å². The SMILES string of the molecule is Clc1ccc2c(c1SCc1ncccc1Br)CCNCC2. The molecule has 21 heavy (non-hydrogen) atoms. The summed E-state index contributed by atoms with van der Waals surface area (Å²) in [4.78, 5) is 5.65. The number of halogens is 2. The first-order chi connectivity index (χ1) is 10.3. The van der Waals surface area contributed by atoms with Gasteiger partial charge in [-0.1, -0.05) is 17.7 Å². The fourth-order valence-corrected chi connectivity index (χ4v) is 4.58. The molecule has 0 bridgehead atoms. The minimum atomic E-state index is 0.824. The smallest absolute Gasteiger partial charge is 0.0647 e. The minimum Gasteiger partial charge on any atom is -0.316 e. The Kier molecular flexibility index (Phi) is 5.22. The first-order valence-electron chi connectivity index (χ1n) is 6.99. The molecular formula is C16H16BrClN2S. The molecule has 110 valence electrons. The molecule has 2 aromatic rings. The third-order valence-corrected chi connectivity index (χ3v) is 5.94. The first kappa shape index (κ1) is 15.3. The predicted molar refractivity (Wildman–Crippen MR) is 93.2 cm³/mol. The fourth-order valence-electron chi connectivity index (χ4n) is 2.53. The Morgan fingerprint density at radius 3 is 2.95 bits per heavy atom. The van der Waals surface area contributed by atoms with Gasteiger partial charge in [-0.25, -0.2) is 0 Å². The molecule has 5 heteroatoms. The van der Waals surface area contributed by atoms with Crippen molar-refractivity contribution in [2.45, 2.75) is 23.5 Å². The molecule has 0 spiro atoms. The second-order valence-electron chi connectivity index (χ2n) is 4.98. The Morgan fingerprint density at radius 2 is 2.10 bits per heavy atom. The molecule has 0 aliphatic carbocycles. The zero-order valence-corrected chi connectivity index (χ0v) is 14.7. The van der Waals surface area contributed by atoms with Crippen molar-refractivity contribution in [2.24, 2.45) is 0 Å².